The van der Waals surface area contributed by atoms with Crippen LogP contribution in [0.2, 0.25) is 0 Å². The van der Waals surface area contributed by atoms with Gasteiger partial charge in [-0.2, -0.15) is 0 Å². The normalized spacial score (nSPS) is 12.0. The Morgan fingerprint density at radius 3 is 1.52 bits per heavy atom. The Bertz CT molecular complexity index is 1130. The maximum atomic E-state index is 5.04. The maximum absolute atomic E-state index is 5.04. The lowest BCUT2D eigenvalue weighted by molar-refractivity contribution is 1.46. The zero-order chi connectivity index (χ0) is 21.1. The molecule has 0 unspecified atom stereocenters. The van der Waals surface area contributed by atoms with Gasteiger partial charge in [-0.3, -0.25) is 0 Å². The first-order valence-corrected chi connectivity index (χ1v) is 12.4. The second-order valence-corrected chi connectivity index (χ2v) is 9.62. The summed E-state index contributed by atoms with van der Waals surface area (Å²) in [4.78, 5) is 9.73. The first kappa shape index (κ1) is 21.6. The minimum Gasteiger partial charge on any atom is -0.241 e. The third-order valence-electron chi connectivity index (χ3n) is 4.17. The van der Waals surface area contributed by atoms with Crippen molar-refractivity contribution < 1.29 is 0 Å². The summed E-state index contributed by atoms with van der Waals surface area (Å²) < 4.78 is 0. The summed E-state index contributed by atoms with van der Waals surface area (Å²) in [6, 6.07) is 41.5. The molecule has 0 spiro atoms. The molecule has 4 rings (SSSR count). The zero-order valence-electron chi connectivity index (χ0n) is 16.8. The van der Waals surface area contributed by atoms with E-state index in [0.29, 0.717) is 0 Å². The van der Waals surface area contributed by atoms with Gasteiger partial charge in [0.1, 0.15) is 5.04 Å². The fourth-order valence-corrected chi connectivity index (χ4v) is 5.54. The Labute approximate surface area is 196 Å². The fraction of sp³-hybridized carbons (Fsp3) is 0. The van der Waals surface area contributed by atoms with Crippen molar-refractivity contribution in [3.8, 4) is 0 Å². The van der Waals surface area contributed by atoms with E-state index in [0.717, 1.165) is 15.6 Å². The summed E-state index contributed by atoms with van der Waals surface area (Å²) in [5.41, 5.74) is 0.949. The molecule has 0 heterocycles. The molecule has 0 saturated heterocycles. The van der Waals surface area contributed by atoms with E-state index in [4.69, 9.17) is 4.99 Å². The maximum Gasteiger partial charge on any atom is 0.116 e. The molecule has 0 radical (unpaired) electrons. The van der Waals surface area contributed by atoms with Crippen LogP contribution in [0.4, 0.5) is 5.69 Å². The summed E-state index contributed by atoms with van der Waals surface area (Å²) >= 11 is 5.16. The van der Waals surface area contributed by atoms with Gasteiger partial charge in [-0.05, 0) is 53.9 Å². The van der Waals surface area contributed by atoms with Crippen molar-refractivity contribution in [1.29, 1.82) is 0 Å². The molecule has 0 atom stereocenters. The molecule has 0 bridgehead atoms. The number of para-hydroxylation sites is 1. The highest BCUT2D eigenvalue weighted by Crippen LogP contribution is 2.37. The molecule has 4 aromatic carbocycles. The molecule has 0 aromatic heterocycles. The monoisotopic (exact) mass is 455 g/mol. The summed E-state index contributed by atoms with van der Waals surface area (Å²) in [6.45, 7) is 0. The second kappa shape index (κ2) is 11.7. The van der Waals surface area contributed by atoms with E-state index < -0.39 is 0 Å². The van der Waals surface area contributed by atoms with Crippen molar-refractivity contribution in [2.45, 2.75) is 14.7 Å². The van der Waals surface area contributed by atoms with Crippen LogP contribution < -0.4 is 0 Å². The van der Waals surface area contributed by atoms with Gasteiger partial charge < -0.3 is 0 Å². The number of rotatable bonds is 7. The largest absolute Gasteiger partial charge is 0.241 e. The predicted octanol–water partition coefficient (Wildman–Crippen LogP) is 8.93. The van der Waals surface area contributed by atoms with Crippen molar-refractivity contribution >= 4 is 46.0 Å². The van der Waals surface area contributed by atoms with E-state index in [-0.39, 0.29) is 0 Å². The van der Waals surface area contributed by atoms with Gasteiger partial charge in [0, 0.05) is 14.7 Å². The molecule has 0 aliphatic heterocycles. The Kier molecular flexibility index (Phi) is 8.11. The summed E-state index contributed by atoms with van der Waals surface area (Å²) in [5.74, 6) is 0. The molecule has 0 aliphatic carbocycles. The molecular weight excluding hydrogens is 435 g/mol. The topological polar surface area (TPSA) is 12.4 Å². The number of benzene rings is 4. The third-order valence-corrected chi connectivity index (χ3v) is 7.40. The number of aliphatic imine (C=N–C) groups is 1. The van der Waals surface area contributed by atoms with Crippen LogP contribution >= 0.6 is 35.3 Å². The molecule has 31 heavy (non-hydrogen) atoms. The van der Waals surface area contributed by atoms with Gasteiger partial charge in [0.2, 0.25) is 0 Å². The molecule has 0 amide bonds. The van der Waals surface area contributed by atoms with Crippen molar-refractivity contribution in [2.24, 2.45) is 4.99 Å². The Morgan fingerprint density at radius 2 is 0.968 bits per heavy atom. The highest BCUT2D eigenvalue weighted by molar-refractivity contribution is 8.18. The predicted molar refractivity (Wildman–Crippen MR) is 139 cm³/mol. The average Bonchev–Trinajstić information content (AvgIpc) is 2.84. The molecule has 0 fully saturated rings. The molecule has 4 aromatic rings. The molecular formula is C27H21NS3. The van der Waals surface area contributed by atoms with Crippen molar-refractivity contribution in [3.05, 3.63) is 132 Å². The van der Waals surface area contributed by atoms with Gasteiger partial charge in [-0.1, -0.05) is 108 Å². The fourth-order valence-electron chi connectivity index (χ4n) is 2.70. The average molecular weight is 456 g/mol. The Morgan fingerprint density at radius 1 is 0.516 bits per heavy atom. The SMILES string of the molecule is C(/Sc1ccccc1)=C(/Sc1ccccc1)C(=Nc1ccccc1)Sc1ccccc1. The molecule has 0 saturated carbocycles. The quantitative estimate of drug-likeness (QED) is 0.157. The Balaban J connectivity index is 1.73. The summed E-state index contributed by atoms with van der Waals surface area (Å²) in [7, 11) is 0. The van der Waals surface area contributed by atoms with E-state index in [1.54, 1.807) is 35.3 Å². The van der Waals surface area contributed by atoms with E-state index in [9.17, 15) is 0 Å². The minimum absolute atomic E-state index is 0.949. The third kappa shape index (κ3) is 6.93. The number of nitrogens with zero attached hydrogens (tertiary/aromatic N) is 1. The Hall–Kier alpha value is -2.66. The van der Waals surface area contributed by atoms with Crippen LogP contribution in [0.5, 0.6) is 0 Å². The van der Waals surface area contributed by atoms with E-state index in [2.05, 4.69) is 78.2 Å². The van der Waals surface area contributed by atoms with Crippen molar-refractivity contribution in [2.75, 3.05) is 0 Å². The first-order chi connectivity index (χ1) is 15.4. The van der Waals surface area contributed by atoms with Crippen LogP contribution in [0.25, 0.3) is 0 Å². The van der Waals surface area contributed by atoms with E-state index >= 15 is 0 Å². The van der Waals surface area contributed by atoms with E-state index in [1.807, 2.05) is 48.5 Å². The molecule has 1 nitrogen and oxygen atoms in total. The van der Waals surface area contributed by atoms with Gasteiger partial charge >= 0.3 is 0 Å². The van der Waals surface area contributed by atoms with Crippen LogP contribution in [0.3, 0.4) is 0 Å². The molecule has 0 aliphatic rings. The van der Waals surface area contributed by atoms with Gasteiger partial charge in [0.25, 0.3) is 0 Å². The number of hydrogen-bond acceptors (Lipinski definition) is 4. The second-order valence-electron chi connectivity index (χ2n) is 6.50. The van der Waals surface area contributed by atoms with Gasteiger partial charge in [-0.15, -0.1) is 0 Å². The van der Waals surface area contributed by atoms with Crippen molar-refractivity contribution in [1.82, 2.24) is 0 Å². The van der Waals surface area contributed by atoms with Crippen LogP contribution in [0.15, 0.2) is 151 Å². The number of hydrogen-bond donors (Lipinski definition) is 0. The molecule has 0 N–H and O–H groups in total. The molecule has 152 valence electrons. The van der Waals surface area contributed by atoms with Gasteiger partial charge in [0.05, 0.1) is 10.6 Å². The highest BCUT2D eigenvalue weighted by atomic mass is 32.2. The smallest absolute Gasteiger partial charge is 0.116 e. The van der Waals surface area contributed by atoms with Crippen LogP contribution in [0, 0.1) is 0 Å². The van der Waals surface area contributed by atoms with Crippen molar-refractivity contribution in [3.63, 3.8) is 0 Å². The lowest BCUT2D eigenvalue weighted by atomic mass is 10.3. The minimum atomic E-state index is 0.949. The standard InChI is InChI=1S/C27H21NS3/c1-5-13-22(14-6-1)28-27(31-25-19-11-4-12-20-25)26(30-24-17-9-3-10-18-24)21-29-23-15-7-2-8-16-23/h1-21H/b26-21-,28-27?. The number of thioether (sulfide) groups is 3. The van der Waals surface area contributed by atoms with Gasteiger partial charge in [0.15, 0.2) is 0 Å². The lowest BCUT2D eigenvalue weighted by Gasteiger charge is -2.12. The van der Waals surface area contributed by atoms with Crippen LogP contribution in [-0.2, 0) is 0 Å². The lowest BCUT2D eigenvalue weighted by Crippen LogP contribution is -1.95. The zero-order valence-corrected chi connectivity index (χ0v) is 19.2. The van der Waals surface area contributed by atoms with Crippen LogP contribution in [0.1, 0.15) is 0 Å². The van der Waals surface area contributed by atoms with Gasteiger partial charge in [-0.25, -0.2) is 4.99 Å². The summed E-state index contributed by atoms with van der Waals surface area (Å²) in [6.07, 6.45) is 0. The van der Waals surface area contributed by atoms with E-state index in [1.165, 1.54) is 14.7 Å². The molecule has 4 heteroatoms. The van der Waals surface area contributed by atoms with Crippen LogP contribution in [-0.4, -0.2) is 5.04 Å². The highest BCUT2D eigenvalue weighted by Gasteiger charge is 2.13. The first-order valence-electron chi connectivity index (χ1n) is 9.88. The summed E-state index contributed by atoms with van der Waals surface area (Å²) in [5, 5.41) is 3.19.